The topological polar surface area (TPSA) is 26.3 Å². The lowest BCUT2D eigenvalue weighted by atomic mass is 9.95. The van der Waals surface area contributed by atoms with Gasteiger partial charge in [0, 0.05) is 10.4 Å². The highest BCUT2D eigenvalue weighted by Crippen LogP contribution is 2.32. The molecule has 0 radical (unpaired) electrons. The molecule has 4 heteroatoms. The van der Waals surface area contributed by atoms with Gasteiger partial charge in [0.1, 0.15) is 5.75 Å². The zero-order chi connectivity index (χ0) is 14.9. The van der Waals surface area contributed by atoms with Crippen molar-refractivity contribution in [3.63, 3.8) is 0 Å². The summed E-state index contributed by atoms with van der Waals surface area (Å²) in [7, 11) is 1.61. The monoisotopic (exact) mass is 352 g/mol. The van der Waals surface area contributed by atoms with E-state index >= 15 is 0 Å². The van der Waals surface area contributed by atoms with Gasteiger partial charge in [0.05, 0.1) is 16.5 Å². The largest absolute Gasteiger partial charge is 0.496 e. The van der Waals surface area contributed by atoms with Gasteiger partial charge in [-0.2, -0.15) is 0 Å². The number of thiophene rings is 1. The maximum Gasteiger partial charge on any atom is 0.202 e. The molecule has 0 unspecified atom stereocenters. The number of ketones is 1. The summed E-state index contributed by atoms with van der Waals surface area (Å²) in [5.41, 5.74) is 0.740. The fraction of sp³-hybridized carbons (Fsp3) is 0.312. The fourth-order valence-electron chi connectivity index (χ4n) is 1.81. The molecule has 1 heterocycles. The fourth-order valence-corrected chi connectivity index (χ4v) is 3.38. The van der Waals surface area contributed by atoms with Crippen molar-refractivity contribution < 1.29 is 9.53 Å². The Kier molecular flexibility index (Phi) is 4.35. The van der Waals surface area contributed by atoms with Gasteiger partial charge in [-0.05, 0) is 51.7 Å². The summed E-state index contributed by atoms with van der Waals surface area (Å²) < 4.78 is 5.97. The Balaban J connectivity index is 2.32. The van der Waals surface area contributed by atoms with Crippen molar-refractivity contribution in [3.8, 4) is 5.75 Å². The Hall–Kier alpha value is -1.13. The molecule has 2 rings (SSSR count). The van der Waals surface area contributed by atoms with E-state index in [0.29, 0.717) is 5.56 Å². The Morgan fingerprint density at radius 1 is 1.20 bits per heavy atom. The van der Waals surface area contributed by atoms with E-state index in [-0.39, 0.29) is 11.2 Å². The van der Waals surface area contributed by atoms with Gasteiger partial charge in [-0.15, -0.1) is 11.3 Å². The number of benzene rings is 1. The number of ether oxygens (including phenoxy) is 1. The standard InChI is InChI=1S/C16H17BrO2S/c1-16(2,3)14-8-7-13(20-14)15(18)10-5-6-12(19-4)11(17)9-10/h5-9H,1-4H3. The highest BCUT2D eigenvalue weighted by molar-refractivity contribution is 9.10. The minimum Gasteiger partial charge on any atom is -0.496 e. The van der Waals surface area contributed by atoms with E-state index < -0.39 is 0 Å². The van der Waals surface area contributed by atoms with Crippen LogP contribution in [0.2, 0.25) is 0 Å². The van der Waals surface area contributed by atoms with Gasteiger partial charge in [0.15, 0.2) is 0 Å². The lowest BCUT2D eigenvalue weighted by Gasteiger charge is -2.15. The Bertz CT molecular complexity index is 638. The maximum atomic E-state index is 12.5. The van der Waals surface area contributed by atoms with Crippen LogP contribution in [-0.2, 0) is 5.41 Å². The zero-order valence-electron chi connectivity index (χ0n) is 12.0. The molecule has 1 aromatic heterocycles. The molecule has 0 aliphatic carbocycles. The average molecular weight is 353 g/mol. The second-order valence-electron chi connectivity index (χ2n) is 5.59. The number of carbonyl (C=O) groups excluding carboxylic acids is 1. The molecule has 2 aromatic rings. The number of hydrogen-bond donors (Lipinski definition) is 0. The first-order valence-electron chi connectivity index (χ1n) is 6.31. The summed E-state index contributed by atoms with van der Waals surface area (Å²) in [6.45, 7) is 6.45. The van der Waals surface area contributed by atoms with E-state index in [2.05, 4.69) is 36.7 Å². The summed E-state index contributed by atoms with van der Waals surface area (Å²) in [6.07, 6.45) is 0. The molecular weight excluding hydrogens is 336 g/mol. The van der Waals surface area contributed by atoms with Crippen LogP contribution in [0.5, 0.6) is 5.75 Å². The number of halogens is 1. The first-order valence-corrected chi connectivity index (χ1v) is 7.92. The van der Waals surface area contributed by atoms with Crippen molar-refractivity contribution in [1.29, 1.82) is 0 Å². The van der Waals surface area contributed by atoms with Crippen molar-refractivity contribution in [2.75, 3.05) is 7.11 Å². The van der Waals surface area contributed by atoms with E-state index in [1.807, 2.05) is 12.1 Å². The summed E-state index contributed by atoms with van der Waals surface area (Å²) >= 11 is 4.97. The molecule has 0 N–H and O–H groups in total. The third-order valence-electron chi connectivity index (χ3n) is 2.98. The molecule has 0 spiro atoms. The van der Waals surface area contributed by atoms with E-state index in [1.54, 1.807) is 36.6 Å². The van der Waals surface area contributed by atoms with E-state index in [1.165, 1.54) is 4.88 Å². The molecule has 2 nitrogen and oxygen atoms in total. The molecule has 0 aliphatic heterocycles. The lowest BCUT2D eigenvalue weighted by molar-refractivity contribution is 0.104. The van der Waals surface area contributed by atoms with Crippen LogP contribution in [0.3, 0.4) is 0 Å². The molecule has 0 amide bonds. The van der Waals surface area contributed by atoms with Crippen LogP contribution in [0, 0.1) is 0 Å². The molecule has 0 saturated heterocycles. The lowest BCUT2D eigenvalue weighted by Crippen LogP contribution is -2.08. The Labute approximate surface area is 131 Å². The molecule has 0 saturated carbocycles. The third-order valence-corrected chi connectivity index (χ3v) is 5.11. The predicted molar refractivity (Wildman–Crippen MR) is 87.1 cm³/mol. The van der Waals surface area contributed by atoms with Gasteiger partial charge < -0.3 is 4.74 Å². The Morgan fingerprint density at radius 2 is 1.90 bits per heavy atom. The summed E-state index contributed by atoms with van der Waals surface area (Å²) in [5.74, 6) is 0.775. The minimum absolute atomic E-state index is 0.0499. The van der Waals surface area contributed by atoms with Crippen LogP contribution in [0.4, 0.5) is 0 Å². The molecule has 106 valence electrons. The van der Waals surface area contributed by atoms with Gasteiger partial charge in [0.25, 0.3) is 0 Å². The molecular formula is C16H17BrO2S. The summed E-state index contributed by atoms with van der Waals surface area (Å²) in [6, 6.07) is 9.35. The van der Waals surface area contributed by atoms with Gasteiger partial charge >= 0.3 is 0 Å². The predicted octanol–water partition coefficient (Wildman–Crippen LogP) is 5.05. The van der Waals surface area contributed by atoms with Crippen LogP contribution >= 0.6 is 27.3 Å². The number of methoxy groups -OCH3 is 1. The third kappa shape index (κ3) is 3.13. The molecule has 0 aliphatic rings. The quantitative estimate of drug-likeness (QED) is 0.722. The van der Waals surface area contributed by atoms with E-state index in [0.717, 1.165) is 15.1 Å². The molecule has 1 aromatic carbocycles. The van der Waals surface area contributed by atoms with Crippen LogP contribution in [0.1, 0.15) is 40.9 Å². The van der Waals surface area contributed by atoms with Crippen LogP contribution in [0.15, 0.2) is 34.8 Å². The first kappa shape index (κ1) is 15.3. The molecule has 20 heavy (non-hydrogen) atoms. The second kappa shape index (κ2) is 5.70. The minimum atomic E-state index is 0.0499. The summed E-state index contributed by atoms with van der Waals surface area (Å²) in [4.78, 5) is 14.5. The molecule has 0 bridgehead atoms. The highest BCUT2D eigenvalue weighted by Gasteiger charge is 2.19. The normalized spacial score (nSPS) is 11.4. The van der Waals surface area contributed by atoms with Crippen LogP contribution < -0.4 is 4.74 Å². The molecule has 0 atom stereocenters. The zero-order valence-corrected chi connectivity index (χ0v) is 14.4. The molecule has 0 fully saturated rings. The van der Waals surface area contributed by atoms with Crippen molar-refractivity contribution in [2.45, 2.75) is 26.2 Å². The SMILES string of the molecule is COc1ccc(C(=O)c2ccc(C(C)(C)C)s2)cc1Br. The van der Waals surface area contributed by atoms with E-state index in [9.17, 15) is 4.79 Å². The van der Waals surface area contributed by atoms with Gasteiger partial charge in [-0.3, -0.25) is 4.79 Å². The van der Waals surface area contributed by atoms with Crippen LogP contribution in [0.25, 0.3) is 0 Å². The van der Waals surface area contributed by atoms with Gasteiger partial charge in [-0.1, -0.05) is 20.8 Å². The average Bonchev–Trinajstić information content (AvgIpc) is 2.87. The number of carbonyl (C=O) groups is 1. The van der Waals surface area contributed by atoms with Gasteiger partial charge in [0.2, 0.25) is 5.78 Å². The summed E-state index contributed by atoms with van der Waals surface area (Å²) in [5, 5.41) is 0. The van der Waals surface area contributed by atoms with Crippen LogP contribution in [-0.4, -0.2) is 12.9 Å². The second-order valence-corrected chi connectivity index (χ2v) is 7.53. The maximum absolute atomic E-state index is 12.5. The Morgan fingerprint density at radius 3 is 2.40 bits per heavy atom. The number of rotatable bonds is 3. The first-order chi connectivity index (χ1) is 9.32. The van der Waals surface area contributed by atoms with E-state index in [4.69, 9.17) is 4.74 Å². The van der Waals surface area contributed by atoms with Gasteiger partial charge in [-0.25, -0.2) is 0 Å². The number of hydrogen-bond acceptors (Lipinski definition) is 3. The van der Waals surface area contributed by atoms with Crippen molar-refractivity contribution >= 4 is 33.0 Å². The van der Waals surface area contributed by atoms with Crippen molar-refractivity contribution in [2.24, 2.45) is 0 Å². The smallest absolute Gasteiger partial charge is 0.202 e. The van der Waals surface area contributed by atoms with Crippen molar-refractivity contribution in [3.05, 3.63) is 50.1 Å². The highest BCUT2D eigenvalue weighted by atomic mass is 79.9. The van der Waals surface area contributed by atoms with Crippen molar-refractivity contribution in [1.82, 2.24) is 0 Å².